The molecule has 0 atom stereocenters. The van der Waals surface area contributed by atoms with Crippen molar-refractivity contribution in [1.29, 1.82) is 0 Å². The third kappa shape index (κ3) is 4.92. The summed E-state index contributed by atoms with van der Waals surface area (Å²) in [5.74, 6) is -1.39. The summed E-state index contributed by atoms with van der Waals surface area (Å²) in [6.07, 6.45) is 0. The molecule has 38 heavy (non-hydrogen) atoms. The van der Waals surface area contributed by atoms with Crippen molar-refractivity contribution in [2.24, 2.45) is 0 Å². The van der Waals surface area contributed by atoms with Gasteiger partial charge >= 0.3 is 0 Å². The minimum absolute atomic E-state index is 0.347. The van der Waals surface area contributed by atoms with Crippen LogP contribution >= 0.6 is 0 Å². The van der Waals surface area contributed by atoms with E-state index in [1.54, 1.807) is 0 Å². The van der Waals surface area contributed by atoms with Gasteiger partial charge in [-0.25, -0.2) is 17.6 Å². The van der Waals surface area contributed by atoms with Crippen molar-refractivity contribution >= 4 is 11.1 Å². The Morgan fingerprint density at radius 2 is 0.447 bits per heavy atom. The molecule has 0 N–H and O–H groups in total. The van der Waals surface area contributed by atoms with Gasteiger partial charge in [0.25, 0.3) is 0 Å². The highest BCUT2D eigenvalue weighted by Crippen LogP contribution is 2.45. The van der Waals surface area contributed by atoms with E-state index in [0.717, 1.165) is 33.4 Å². The van der Waals surface area contributed by atoms with Crippen LogP contribution in [0.3, 0.4) is 0 Å². The molecule has 0 fully saturated rings. The highest BCUT2D eigenvalue weighted by molar-refractivity contribution is 6.08. The molecule has 0 aliphatic carbocycles. The van der Waals surface area contributed by atoms with Crippen molar-refractivity contribution < 1.29 is 17.6 Å². The highest BCUT2D eigenvalue weighted by atomic mass is 19.1. The molecule has 196 valence electrons. The maximum absolute atomic E-state index is 14.5. The lowest BCUT2D eigenvalue weighted by Crippen LogP contribution is -2.09. The molecule has 0 amide bonds. The smallest absolute Gasteiger partial charge is 0.123 e. The van der Waals surface area contributed by atoms with E-state index in [2.05, 4.69) is 0 Å². The Labute approximate surface area is 222 Å². The zero-order chi connectivity index (χ0) is 28.0. The van der Waals surface area contributed by atoms with Gasteiger partial charge in [-0.2, -0.15) is 0 Å². The maximum Gasteiger partial charge on any atom is 0.123 e. The summed E-state index contributed by atoms with van der Waals surface area (Å²) in [5.41, 5.74) is 10.5. The molecule has 0 saturated carbocycles. The number of aryl methyl sites for hydroxylation is 8. The number of hydrogen-bond acceptors (Lipinski definition) is 0. The van der Waals surface area contributed by atoms with E-state index in [1.165, 1.54) is 48.5 Å². The van der Waals surface area contributed by atoms with E-state index < -0.39 is 0 Å². The standard InChI is InChI=1S/C34H32F4/c1-17-9-25(35)10-18(2)29(17)33(30-19(3)11-26(36)12-20(30)4)34(31-21(5)13-27(37)14-22(31)6)32-23(7)15-28(38)16-24(32)8/h9-16H,1-8H3. The highest BCUT2D eigenvalue weighted by Gasteiger charge is 2.27. The molecule has 0 saturated heterocycles. The Balaban J connectivity index is 2.40. The van der Waals surface area contributed by atoms with Gasteiger partial charge in [0, 0.05) is 0 Å². The van der Waals surface area contributed by atoms with E-state index in [-0.39, 0.29) is 23.3 Å². The summed E-state index contributed by atoms with van der Waals surface area (Å²) < 4.78 is 58.1. The first kappa shape index (κ1) is 27.4. The van der Waals surface area contributed by atoms with Gasteiger partial charge in [0.1, 0.15) is 23.3 Å². The van der Waals surface area contributed by atoms with Crippen molar-refractivity contribution in [3.63, 3.8) is 0 Å². The molecule has 4 aromatic rings. The molecular weight excluding hydrogens is 484 g/mol. The molecule has 0 nitrogen and oxygen atoms in total. The van der Waals surface area contributed by atoms with Gasteiger partial charge in [-0.1, -0.05) is 0 Å². The fourth-order valence-electron chi connectivity index (χ4n) is 5.97. The summed E-state index contributed by atoms with van der Waals surface area (Å²) in [7, 11) is 0. The second-order valence-corrected chi connectivity index (χ2v) is 10.4. The van der Waals surface area contributed by atoms with Gasteiger partial charge in [0.15, 0.2) is 0 Å². The van der Waals surface area contributed by atoms with Crippen LogP contribution in [0.15, 0.2) is 48.5 Å². The molecule has 4 aromatic carbocycles. The van der Waals surface area contributed by atoms with Crippen LogP contribution < -0.4 is 0 Å². The lowest BCUT2D eigenvalue weighted by atomic mass is 9.76. The quantitative estimate of drug-likeness (QED) is 0.187. The van der Waals surface area contributed by atoms with Gasteiger partial charge in [0.05, 0.1) is 0 Å². The maximum atomic E-state index is 14.5. The van der Waals surface area contributed by atoms with Crippen molar-refractivity contribution in [2.75, 3.05) is 0 Å². The van der Waals surface area contributed by atoms with E-state index >= 15 is 0 Å². The van der Waals surface area contributed by atoms with E-state index in [9.17, 15) is 17.6 Å². The fourth-order valence-corrected chi connectivity index (χ4v) is 5.97. The number of rotatable bonds is 4. The fraction of sp³-hybridized carbons (Fsp3) is 0.235. The third-order valence-corrected chi connectivity index (χ3v) is 7.24. The summed E-state index contributed by atoms with van der Waals surface area (Å²) in [6.45, 7) is 14.8. The van der Waals surface area contributed by atoms with Gasteiger partial charge in [-0.05, 0) is 182 Å². The van der Waals surface area contributed by atoms with Crippen LogP contribution in [-0.2, 0) is 0 Å². The first-order valence-corrected chi connectivity index (χ1v) is 12.6. The van der Waals surface area contributed by atoms with Gasteiger partial charge in [-0.15, -0.1) is 0 Å². The molecule has 0 unspecified atom stereocenters. The van der Waals surface area contributed by atoms with Crippen molar-refractivity contribution in [3.05, 3.63) is 139 Å². The SMILES string of the molecule is Cc1cc(F)cc(C)c1C(=C(c1c(C)cc(F)cc1C)c1c(C)cc(F)cc1C)c1c(C)cc(F)cc1C. The zero-order valence-corrected chi connectivity index (χ0v) is 23.1. The predicted molar refractivity (Wildman–Crippen MR) is 149 cm³/mol. The average Bonchev–Trinajstić information content (AvgIpc) is 2.74. The minimum atomic E-state index is -0.347. The van der Waals surface area contributed by atoms with Gasteiger partial charge in [-0.3, -0.25) is 0 Å². The second kappa shape index (κ2) is 10.2. The summed E-state index contributed by atoms with van der Waals surface area (Å²) in [4.78, 5) is 0. The molecule has 0 aliphatic rings. The van der Waals surface area contributed by atoms with E-state index in [0.29, 0.717) is 44.5 Å². The minimum Gasteiger partial charge on any atom is -0.207 e. The Morgan fingerprint density at radius 1 is 0.316 bits per heavy atom. The van der Waals surface area contributed by atoms with E-state index in [1.807, 2.05) is 55.4 Å². The molecule has 0 aromatic heterocycles. The third-order valence-electron chi connectivity index (χ3n) is 7.24. The average molecular weight is 517 g/mol. The van der Waals surface area contributed by atoms with Crippen molar-refractivity contribution in [3.8, 4) is 0 Å². The largest absolute Gasteiger partial charge is 0.207 e. The summed E-state index contributed by atoms with van der Waals surface area (Å²) >= 11 is 0. The number of hydrogen-bond donors (Lipinski definition) is 0. The van der Waals surface area contributed by atoms with Crippen LogP contribution in [-0.4, -0.2) is 0 Å². The lowest BCUT2D eigenvalue weighted by Gasteiger charge is -2.27. The summed E-state index contributed by atoms with van der Waals surface area (Å²) in [5, 5.41) is 0. The molecule has 0 spiro atoms. The second-order valence-electron chi connectivity index (χ2n) is 10.4. The predicted octanol–water partition coefficient (Wildman–Crippen LogP) is 9.72. The Kier molecular flexibility index (Phi) is 7.38. The lowest BCUT2D eigenvalue weighted by molar-refractivity contribution is 0.624. The topological polar surface area (TPSA) is 0 Å². The molecule has 4 heteroatoms. The van der Waals surface area contributed by atoms with Crippen molar-refractivity contribution in [2.45, 2.75) is 55.4 Å². The summed E-state index contributed by atoms with van der Waals surface area (Å²) in [6, 6.07) is 11.9. The normalized spacial score (nSPS) is 11.2. The van der Waals surface area contributed by atoms with Crippen LogP contribution in [0.4, 0.5) is 17.6 Å². The Hall–Kier alpha value is -3.66. The monoisotopic (exact) mass is 516 g/mol. The van der Waals surface area contributed by atoms with Gasteiger partial charge < -0.3 is 0 Å². The van der Waals surface area contributed by atoms with Crippen LogP contribution in [0.25, 0.3) is 11.1 Å². The van der Waals surface area contributed by atoms with Crippen LogP contribution in [0.2, 0.25) is 0 Å². The van der Waals surface area contributed by atoms with Gasteiger partial charge in [0.2, 0.25) is 0 Å². The molecular formula is C34H32F4. The molecule has 0 heterocycles. The van der Waals surface area contributed by atoms with Crippen LogP contribution in [0.5, 0.6) is 0 Å². The number of halogens is 4. The van der Waals surface area contributed by atoms with Crippen LogP contribution in [0.1, 0.15) is 66.8 Å². The van der Waals surface area contributed by atoms with Crippen molar-refractivity contribution in [1.82, 2.24) is 0 Å². The molecule has 0 aliphatic heterocycles. The Bertz CT molecular complexity index is 1290. The molecule has 0 bridgehead atoms. The number of benzene rings is 4. The zero-order valence-electron chi connectivity index (χ0n) is 23.1. The first-order valence-electron chi connectivity index (χ1n) is 12.6. The van der Waals surface area contributed by atoms with E-state index in [4.69, 9.17) is 0 Å². The molecule has 0 radical (unpaired) electrons. The Morgan fingerprint density at radius 3 is 0.579 bits per heavy atom. The van der Waals surface area contributed by atoms with Crippen LogP contribution in [0, 0.1) is 78.7 Å². The first-order chi connectivity index (χ1) is 17.8. The molecule has 4 rings (SSSR count).